The van der Waals surface area contributed by atoms with E-state index in [1.54, 1.807) is 0 Å². The summed E-state index contributed by atoms with van der Waals surface area (Å²) in [4.78, 5) is 2.54. The first kappa shape index (κ1) is 17.2. The number of nitrogens with two attached hydrogens (primary N) is 2. The van der Waals surface area contributed by atoms with E-state index in [4.69, 9.17) is 11.5 Å². The second-order valence-electron chi connectivity index (χ2n) is 6.27. The molecule has 0 saturated carbocycles. The highest BCUT2D eigenvalue weighted by Crippen LogP contribution is 2.25. The molecule has 0 spiro atoms. The molecule has 0 aromatic carbocycles. The van der Waals surface area contributed by atoms with Crippen molar-refractivity contribution in [1.82, 2.24) is 10.2 Å². The van der Waals surface area contributed by atoms with Crippen molar-refractivity contribution in [3.05, 3.63) is 0 Å². The summed E-state index contributed by atoms with van der Waals surface area (Å²) < 4.78 is -0.100. The average Bonchev–Trinajstić information content (AvgIpc) is 2.37. The molecule has 114 valence electrons. The Balaban J connectivity index is 2.24. The Hall–Kier alpha value is 0.190. The van der Waals surface area contributed by atoms with E-state index >= 15 is 0 Å². The van der Waals surface area contributed by atoms with Gasteiger partial charge in [-0.05, 0) is 25.9 Å². The summed E-state index contributed by atoms with van der Waals surface area (Å²) in [5, 5.41) is 3.53. The zero-order valence-corrected chi connectivity index (χ0v) is 13.5. The first-order valence-corrected chi connectivity index (χ1v) is 8.01. The van der Waals surface area contributed by atoms with Gasteiger partial charge in [-0.3, -0.25) is 0 Å². The van der Waals surface area contributed by atoms with Gasteiger partial charge in [-0.1, -0.05) is 20.3 Å². The molecule has 0 radical (unpaired) electrons. The van der Waals surface area contributed by atoms with Crippen molar-refractivity contribution in [3.8, 4) is 0 Å². The lowest BCUT2D eigenvalue weighted by Crippen LogP contribution is -2.50. The summed E-state index contributed by atoms with van der Waals surface area (Å²) in [6.45, 7) is 10.3. The quantitative estimate of drug-likeness (QED) is 0.391. The van der Waals surface area contributed by atoms with Crippen LogP contribution in [0.15, 0.2) is 0 Å². The number of rotatable bonds is 8. The summed E-state index contributed by atoms with van der Waals surface area (Å²) in [5.74, 6) is 0.294. The number of piperidine rings is 1. The molecule has 1 heterocycles. The molecule has 1 aliphatic rings. The third-order valence-electron chi connectivity index (χ3n) is 4.11. The van der Waals surface area contributed by atoms with Gasteiger partial charge in [-0.25, -0.2) is 0 Å². The average molecular weight is 289 g/mol. The standard InChI is InChI=1S/C14H32N4S/c1-14(2,19)12(13(16)10-15)11-17-6-9-18-7-4-3-5-8-18/h12-13,17,19H,3-11,15-16H2,1-2H3. The van der Waals surface area contributed by atoms with E-state index in [0.717, 1.165) is 19.6 Å². The Morgan fingerprint density at radius 3 is 2.42 bits per heavy atom. The van der Waals surface area contributed by atoms with Gasteiger partial charge >= 0.3 is 0 Å². The molecule has 1 rings (SSSR count). The molecule has 0 bridgehead atoms. The smallest absolute Gasteiger partial charge is 0.0217 e. The maximum absolute atomic E-state index is 6.10. The van der Waals surface area contributed by atoms with Crippen molar-refractivity contribution >= 4 is 12.6 Å². The molecule has 2 unspecified atom stereocenters. The first-order chi connectivity index (χ1) is 8.95. The highest BCUT2D eigenvalue weighted by atomic mass is 32.1. The minimum absolute atomic E-state index is 0.00925. The predicted molar refractivity (Wildman–Crippen MR) is 86.7 cm³/mol. The minimum atomic E-state index is -0.100. The molecule has 0 aromatic rings. The lowest BCUT2D eigenvalue weighted by atomic mass is 9.88. The van der Waals surface area contributed by atoms with Crippen LogP contribution in [0.1, 0.15) is 33.1 Å². The molecule has 1 saturated heterocycles. The predicted octanol–water partition coefficient (Wildman–Crippen LogP) is 0.673. The van der Waals surface area contributed by atoms with Crippen LogP contribution >= 0.6 is 12.6 Å². The second-order valence-corrected chi connectivity index (χ2v) is 7.42. The highest BCUT2D eigenvalue weighted by molar-refractivity contribution is 7.81. The van der Waals surface area contributed by atoms with E-state index in [1.807, 2.05) is 0 Å². The Morgan fingerprint density at radius 2 is 1.89 bits per heavy atom. The molecular formula is C14H32N4S. The SMILES string of the molecule is CC(C)(S)C(CNCCN1CCCCC1)C(N)CN. The molecular weight excluding hydrogens is 256 g/mol. The highest BCUT2D eigenvalue weighted by Gasteiger charge is 2.29. The monoisotopic (exact) mass is 288 g/mol. The molecule has 0 aliphatic carbocycles. The lowest BCUT2D eigenvalue weighted by molar-refractivity contribution is 0.225. The summed E-state index contributed by atoms with van der Waals surface area (Å²) in [6, 6.07) is 0.00925. The number of nitrogens with zero attached hydrogens (tertiary/aromatic N) is 1. The van der Waals surface area contributed by atoms with E-state index in [-0.39, 0.29) is 10.8 Å². The summed E-state index contributed by atoms with van der Waals surface area (Å²) in [5.41, 5.74) is 11.8. The normalized spacial score (nSPS) is 21.3. The van der Waals surface area contributed by atoms with Crippen molar-refractivity contribution in [2.24, 2.45) is 17.4 Å². The number of hydrogen-bond acceptors (Lipinski definition) is 5. The minimum Gasteiger partial charge on any atom is -0.329 e. The Bertz CT molecular complexity index is 236. The van der Waals surface area contributed by atoms with Gasteiger partial charge in [0.05, 0.1) is 0 Å². The third kappa shape index (κ3) is 6.45. The number of hydrogen-bond donors (Lipinski definition) is 4. The largest absolute Gasteiger partial charge is 0.329 e. The van der Waals surface area contributed by atoms with E-state index in [1.165, 1.54) is 32.4 Å². The van der Waals surface area contributed by atoms with Crippen LogP contribution in [-0.2, 0) is 0 Å². The van der Waals surface area contributed by atoms with Crippen LogP contribution in [-0.4, -0.2) is 55.0 Å². The third-order valence-corrected chi connectivity index (χ3v) is 4.45. The van der Waals surface area contributed by atoms with Crippen molar-refractivity contribution in [3.63, 3.8) is 0 Å². The number of thiol groups is 1. The van der Waals surface area contributed by atoms with E-state index in [0.29, 0.717) is 12.5 Å². The van der Waals surface area contributed by atoms with Crippen LogP contribution in [0, 0.1) is 5.92 Å². The Labute approximate surface area is 124 Å². The molecule has 19 heavy (non-hydrogen) atoms. The zero-order chi connectivity index (χ0) is 14.3. The maximum Gasteiger partial charge on any atom is 0.0217 e. The molecule has 2 atom stereocenters. The van der Waals surface area contributed by atoms with Crippen LogP contribution in [0.3, 0.4) is 0 Å². The second kappa shape index (κ2) is 8.47. The Morgan fingerprint density at radius 1 is 1.26 bits per heavy atom. The topological polar surface area (TPSA) is 67.3 Å². The number of likely N-dealkylation sites (tertiary alicyclic amines) is 1. The summed E-state index contributed by atoms with van der Waals surface area (Å²) in [7, 11) is 0. The van der Waals surface area contributed by atoms with Gasteiger partial charge in [-0.2, -0.15) is 12.6 Å². The van der Waals surface area contributed by atoms with Gasteiger partial charge < -0.3 is 21.7 Å². The van der Waals surface area contributed by atoms with Gasteiger partial charge in [0.2, 0.25) is 0 Å². The van der Waals surface area contributed by atoms with E-state index in [2.05, 4.69) is 36.7 Å². The molecule has 1 aliphatic heterocycles. The van der Waals surface area contributed by atoms with Crippen LogP contribution in [0.25, 0.3) is 0 Å². The first-order valence-electron chi connectivity index (χ1n) is 7.56. The van der Waals surface area contributed by atoms with E-state index < -0.39 is 0 Å². The molecule has 0 amide bonds. The lowest BCUT2D eigenvalue weighted by Gasteiger charge is -2.34. The number of nitrogens with one attached hydrogen (secondary N) is 1. The van der Waals surface area contributed by atoms with Crippen molar-refractivity contribution < 1.29 is 0 Å². The van der Waals surface area contributed by atoms with E-state index in [9.17, 15) is 0 Å². The summed E-state index contributed by atoms with van der Waals surface area (Å²) >= 11 is 4.66. The van der Waals surface area contributed by atoms with Gasteiger partial charge in [0.25, 0.3) is 0 Å². The van der Waals surface area contributed by atoms with Crippen molar-refractivity contribution in [2.75, 3.05) is 39.3 Å². The molecule has 0 aromatic heterocycles. The molecule has 5 N–H and O–H groups in total. The zero-order valence-electron chi connectivity index (χ0n) is 12.6. The van der Waals surface area contributed by atoms with Crippen LogP contribution in [0.4, 0.5) is 0 Å². The summed E-state index contributed by atoms with van der Waals surface area (Å²) in [6.07, 6.45) is 4.10. The van der Waals surface area contributed by atoms with Gasteiger partial charge in [0.15, 0.2) is 0 Å². The fraction of sp³-hybridized carbons (Fsp3) is 1.00. The Kier molecular flexibility index (Phi) is 7.69. The molecule has 4 nitrogen and oxygen atoms in total. The fourth-order valence-corrected chi connectivity index (χ4v) is 3.05. The molecule has 1 fully saturated rings. The van der Waals surface area contributed by atoms with Crippen LogP contribution in [0.2, 0.25) is 0 Å². The van der Waals surface area contributed by atoms with Crippen LogP contribution < -0.4 is 16.8 Å². The van der Waals surface area contributed by atoms with Gasteiger partial charge in [0, 0.05) is 42.9 Å². The van der Waals surface area contributed by atoms with Crippen molar-refractivity contribution in [2.45, 2.75) is 43.9 Å². The van der Waals surface area contributed by atoms with Crippen molar-refractivity contribution in [1.29, 1.82) is 0 Å². The fourth-order valence-electron chi connectivity index (χ4n) is 2.77. The maximum atomic E-state index is 6.10. The van der Waals surface area contributed by atoms with Gasteiger partial charge in [-0.15, -0.1) is 0 Å². The molecule has 5 heteroatoms. The van der Waals surface area contributed by atoms with Crippen LogP contribution in [0.5, 0.6) is 0 Å². The van der Waals surface area contributed by atoms with Gasteiger partial charge in [0.1, 0.15) is 0 Å².